The molecule has 0 aliphatic carbocycles. The van der Waals surface area contributed by atoms with Gasteiger partial charge in [-0.25, -0.2) is 4.79 Å². The van der Waals surface area contributed by atoms with Crippen molar-refractivity contribution in [3.63, 3.8) is 0 Å². The number of alkyl halides is 1. The monoisotopic (exact) mass is 348 g/mol. The van der Waals surface area contributed by atoms with Crippen molar-refractivity contribution >= 4 is 21.9 Å². The van der Waals surface area contributed by atoms with Crippen LogP contribution in [-0.4, -0.2) is 11.3 Å². The topological polar surface area (TPSA) is 26.3 Å². The Labute approximate surface area is 135 Å². The Morgan fingerprint density at radius 1 is 1.33 bits per heavy atom. The quantitative estimate of drug-likeness (QED) is 0.405. The lowest BCUT2D eigenvalue weighted by atomic mass is 9.93. The second-order valence-corrected chi connectivity index (χ2v) is 5.80. The van der Waals surface area contributed by atoms with Gasteiger partial charge >= 0.3 is 5.97 Å². The van der Waals surface area contributed by atoms with Crippen molar-refractivity contribution in [1.82, 2.24) is 0 Å². The summed E-state index contributed by atoms with van der Waals surface area (Å²) in [4.78, 5) is 12.0. The standard InChI is InChI=1S/C18H21BrO2/c1-3-4-6-11-15(12-19)16-13(2)18(20)21-17(16)14-9-7-5-8-10-14/h5,7-11,17H,3-4,6,12H2,1-2H3/b15-11+. The van der Waals surface area contributed by atoms with Crippen LogP contribution < -0.4 is 0 Å². The first-order chi connectivity index (χ1) is 10.2. The van der Waals surface area contributed by atoms with Crippen LogP contribution in [0.3, 0.4) is 0 Å². The van der Waals surface area contributed by atoms with E-state index < -0.39 is 0 Å². The van der Waals surface area contributed by atoms with Crippen molar-refractivity contribution in [3.05, 3.63) is 58.7 Å². The summed E-state index contributed by atoms with van der Waals surface area (Å²) in [6.45, 7) is 4.04. The van der Waals surface area contributed by atoms with Crippen molar-refractivity contribution < 1.29 is 9.53 Å². The number of carbonyl (C=O) groups is 1. The molecule has 0 saturated carbocycles. The van der Waals surface area contributed by atoms with Crippen LogP contribution in [0.5, 0.6) is 0 Å². The van der Waals surface area contributed by atoms with E-state index >= 15 is 0 Å². The first-order valence-electron chi connectivity index (χ1n) is 7.41. The Morgan fingerprint density at radius 3 is 2.67 bits per heavy atom. The van der Waals surface area contributed by atoms with Crippen molar-refractivity contribution in [2.45, 2.75) is 39.2 Å². The van der Waals surface area contributed by atoms with Gasteiger partial charge in [0.1, 0.15) is 0 Å². The molecule has 1 aromatic rings. The summed E-state index contributed by atoms with van der Waals surface area (Å²) in [5.74, 6) is -0.207. The Hall–Kier alpha value is -1.35. The molecule has 1 aromatic carbocycles. The van der Waals surface area contributed by atoms with Gasteiger partial charge in [0.2, 0.25) is 0 Å². The predicted octanol–water partition coefficient (Wildman–Crippen LogP) is 5.11. The lowest BCUT2D eigenvalue weighted by molar-refractivity contribution is -0.139. The Bertz CT molecular complexity index is 558. The molecule has 2 rings (SSSR count). The Balaban J connectivity index is 2.36. The van der Waals surface area contributed by atoms with E-state index in [1.54, 1.807) is 0 Å². The minimum Gasteiger partial charge on any atom is -0.449 e. The molecule has 0 N–H and O–H groups in total. The zero-order chi connectivity index (χ0) is 15.2. The van der Waals surface area contributed by atoms with Crippen molar-refractivity contribution in [1.29, 1.82) is 0 Å². The largest absolute Gasteiger partial charge is 0.449 e. The fraction of sp³-hybridized carbons (Fsp3) is 0.389. The molecule has 0 amide bonds. The SMILES string of the molecule is CCCC/C=C(\CBr)C1=C(C)C(=O)OC1c1ccccc1. The molecular weight excluding hydrogens is 328 g/mol. The van der Waals surface area contributed by atoms with Gasteiger partial charge < -0.3 is 4.74 Å². The molecule has 21 heavy (non-hydrogen) atoms. The van der Waals surface area contributed by atoms with E-state index in [2.05, 4.69) is 28.9 Å². The summed E-state index contributed by atoms with van der Waals surface area (Å²) in [7, 11) is 0. The summed E-state index contributed by atoms with van der Waals surface area (Å²) in [5.41, 5.74) is 3.95. The van der Waals surface area contributed by atoms with E-state index in [1.165, 1.54) is 12.0 Å². The molecule has 0 radical (unpaired) electrons. The third-order valence-electron chi connectivity index (χ3n) is 3.74. The highest BCUT2D eigenvalue weighted by Gasteiger charge is 2.33. The second kappa shape index (κ2) is 7.60. The van der Waals surface area contributed by atoms with Gasteiger partial charge in [0, 0.05) is 16.5 Å². The van der Waals surface area contributed by atoms with E-state index in [9.17, 15) is 4.79 Å². The van der Waals surface area contributed by atoms with Gasteiger partial charge in [0.25, 0.3) is 0 Å². The van der Waals surface area contributed by atoms with E-state index in [1.807, 2.05) is 37.3 Å². The number of cyclic esters (lactones) is 1. The number of halogens is 1. The van der Waals surface area contributed by atoms with Gasteiger partial charge in [0.05, 0.1) is 0 Å². The zero-order valence-electron chi connectivity index (χ0n) is 12.6. The molecule has 0 saturated heterocycles. The molecule has 0 bridgehead atoms. The maximum atomic E-state index is 12.0. The Morgan fingerprint density at radius 2 is 2.05 bits per heavy atom. The van der Waals surface area contributed by atoms with Crippen molar-refractivity contribution in [2.75, 3.05) is 5.33 Å². The van der Waals surface area contributed by atoms with Gasteiger partial charge in [-0.2, -0.15) is 0 Å². The number of hydrogen-bond acceptors (Lipinski definition) is 2. The van der Waals surface area contributed by atoms with Gasteiger partial charge in [-0.1, -0.05) is 72.1 Å². The minimum absolute atomic E-state index is 0.207. The van der Waals surface area contributed by atoms with Crippen LogP contribution in [-0.2, 0) is 9.53 Å². The molecule has 0 fully saturated rings. The summed E-state index contributed by atoms with van der Waals surface area (Å²) in [6, 6.07) is 9.94. The van der Waals surface area contributed by atoms with E-state index in [4.69, 9.17) is 4.74 Å². The van der Waals surface area contributed by atoms with E-state index in [0.29, 0.717) is 0 Å². The van der Waals surface area contributed by atoms with Gasteiger partial charge in [-0.15, -0.1) is 0 Å². The third kappa shape index (κ3) is 3.65. The third-order valence-corrected chi connectivity index (χ3v) is 4.34. The zero-order valence-corrected chi connectivity index (χ0v) is 14.2. The first-order valence-corrected chi connectivity index (χ1v) is 8.53. The fourth-order valence-corrected chi connectivity index (χ4v) is 3.08. The average molecular weight is 349 g/mol. The summed E-state index contributed by atoms with van der Waals surface area (Å²) in [5, 5.41) is 0.739. The minimum atomic E-state index is -0.274. The molecule has 112 valence electrons. The van der Waals surface area contributed by atoms with Gasteiger partial charge in [0.15, 0.2) is 6.10 Å². The van der Waals surface area contributed by atoms with Crippen LogP contribution in [0.2, 0.25) is 0 Å². The normalized spacial score (nSPS) is 19.1. The smallest absolute Gasteiger partial charge is 0.335 e. The first kappa shape index (κ1) is 16.0. The molecule has 1 heterocycles. The number of unbranched alkanes of at least 4 members (excludes halogenated alkanes) is 2. The number of ether oxygens (including phenoxy) is 1. The highest BCUT2D eigenvalue weighted by atomic mass is 79.9. The fourth-order valence-electron chi connectivity index (χ4n) is 2.55. The lowest BCUT2D eigenvalue weighted by Crippen LogP contribution is -2.05. The molecule has 0 spiro atoms. The molecule has 1 atom stereocenters. The number of hydrogen-bond donors (Lipinski definition) is 0. The molecule has 1 aliphatic heterocycles. The number of allylic oxidation sites excluding steroid dienone is 1. The average Bonchev–Trinajstić information content (AvgIpc) is 2.81. The van der Waals surface area contributed by atoms with Crippen LogP contribution in [0.15, 0.2) is 53.1 Å². The summed E-state index contributed by atoms with van der Waals surface area (Å²) < 4.78 is 5.59. The number of benzene rings is 1. The van der Waals surface area contributed by atoms with E-state index in [-0.39, 0.29) is 12.1 Å². The van der Waals surface area contributed by atoms with Crippen LogP contribution in [0.25, 0.3) is 0 Å². The molecule has 0 aromatic heterocycles. The maximum absolute atomic E-state index is 12.0. The van der Waals surface area contributed by atoms with Crippen molar-refractivity contribution in [2.24, 2.45) is 0 Å². The highest BCUT2D eigenvalue weighted by molar-refractivity contribution is 9.09. The molecular formula is C18H21BrO2. The van der Waals surface area contributed by atoms with Crippen LogP contribution in [0.4, 0.5) is 0 Å². The maximum Gasteiger partial charge on any atom is 0.335 e. The summed E-state index contributed by atoms with van der Waals surface area (Å²) >= 11 is 3.56. The van der Waals surface area contributed by atoms with Gasteiger partial charge in [-0.3, -0.25) is 0 Å². The van der Waals surface area contributed by atoms with Crippen molar-refractivity contribution in [3.8, 4) is 0 Å². The molecule has 3 heteroatoms. The van der Waals surface area contributed by atoms with Crippen LogP contribution in [0.1, 0.15) is 44.8 Å². The second-order valence-electron chi connectivity index (χ2n) is 5.24. The number of rotatable bonds is 6. The molecule has 1 aliphatic rings. The highest BCUT2D eigenvalue weighted by Crippen LogP contribution is 2.39. The van der Waals surface area contributed by atoms with Gasteiger partial charge in [-0.05, 0) is 24.5 Å². The number of esters is 1. The van der Waals surface area contributed by atoms with Crippen LogP contribution >= 0.6 is 15.9 Å². The predicted molar refractivity (Wildman–Crippen MR) is 89.4 cm³/mol. The summed E-state index contributed by atoms with van der Waals surface area (Å²) in [6.07, 6.45) is 5.32. The molecule has 2 nitrogen and oxygen atoms in total. The lowest BCUT2D eigenvalue weighted by Gasteiger charge is -2.16. The number of carbonyl (C=O) groups excluding carboxylic acids is 1. The Kier molecular flexibility index (Phi) is 5.80. The molecule has 1 unspecified atom stereocenters. The van der Waals surface area contributed by atoms with E-state index in [0.717, 1.165) is 34.9 Å². The van der Waals surface area contributed by atoms with Crippen LogP contribution in [0, 0.1) is 0 Å².